The van der Waals surface area contributed by atoms with Gasteiger partial charge in [-0.05, 0) is 32.2 Å². The first-order valence-electron chi connectivity index (χ1n) is 5.83. The molecule has 0 aliphatic heterocycles. The summed E-state index contributed by atoms with van der Waals surface area (Å²) in [6, 6.07) is 6.02. The Labute approximate surface area is 108 Å². The molecule has 3 nitrogen and oxygen atoms in total. The van der Waals surface area contributed by atoms with Gasteiger partial charge in [0.15, 0.2) is 0 Å². The van der Waals surface area contributed by atoms with Crippen molar-refractivity contribution in [1.29, 1.82) is 0 Å². The monoisotopic (exact) mass is 255 g/mol. The van der Waals surface area contributed by atoms with E-state index < -0.39 is 0 Å². The minimum atomic E-state index is 0.0392. The Morgan fingerprint density at radius 2 is 2.18 bits per heavy atom. The maximum atomic E-state index is 5.86. The summed E-state index contributed by atoms with van der Waals surface area (Å²) in [6.07, 6.45) is 2.08. The van der Waals surface area contributed by atoms with Crippen molar-refractivity contribution in [3.05, 3.63) is 23.8 Å². The van der Waals surface area contributed by atoms with Gasteiger partial charge in [0.25, 0.3) is 0 Å². The number of hydrogen-bond acceptors (Lipinski definition) is 4. The highest BCUT2D eigenvalue weighted by atomic mass is 32.2. The lowest BCUT2D eigenvalue weighted by molar-refractivity contribution is 0.0651. The van der Waals surface area contributed by atoms with Crippen molar-refractivity contribution in [3.8, 4) is 5.75 Å². The van der Waals surface area contributed by atoms with Gasteiger partial charge in [-0.2, -0.15) is 0 Å². The van der Waals surface area contributed by atoms with Gasteiger partial charge in [-0.3, -0.25) is 0 Å². The summed E-state index contributed by atoms with van der Waals surface area (Å²) < 4.78 is 11.2. The molecule has 1 rings (SSSR count). The summed E-state index contributed by atoms with van der Waals surface area (Å²) in [7, 11) is 0. The standard InChI is InChI=1S/C13H21NO2S/c1-4-15-9-10(2)16-12-6-5-7-13(17-3)11(12)8-14/h5-7,10H,4,8-9,14H2,1-3H3. The number of benzene rings is 1. The largest absolute Gasteiger partial charge is 0.488 e. The van der Waals surface area contributed by atoms with Gasteiger partial charge in [0, 0.05) is 23.6 Å². The Balaban J connectivity index is 2.75. The first-order valence-corrected chi connectivity index (χ1v) is 7.05. The second kappa shape index (κ2) is 7.58. The van der Waals surface area contributed by atoms with E-state index in [0.29, 0.717) is 19.8 Å². The average Bonchev–Trinajstić information content (AvgIpc) is 2.35. The highest BCUT2D eigenvalue weighted by Gasteiger charge is 2.10. The van der Waals surface area contributed by atoms with Gasteiger partial charge >= 0.3 is 0 Å². The summed E-state index contributed by atoms with van der Waals surface area (Å²) in [5.41, 5.74) is 6.85. The van der Waals surface area contributed by atoms with E-state index in [2.05, 4.69) is 6.07 Å². The highest BCUT2D eigenvalue weighted by molar-refractivity contribution is 7.98. The first-order chi connectivity index (χ1) is 8.22. The smallest absolute Gasteiger partial charge is 0.125 e. The van der Waals surface area contributed by atoms with Crippen molar-refractivity contribution in [2.45, 2.75) is 31.4 Å². The Bertz CT molecular complexity index is 344. The van der Waals surface area contributed by atoms with Crippen LogP contribution in [0.2, 0.25) is 0 Å². The maximum Gasteiger partial charge on any atom is 0.125 e. The zero-order chi connectivity index (χ0) is 12.7. The molecule has 0 amide bonds. The third-order valence-electron chi connectivity index (χ3n) is 2.40. The molecule has 0 saturated carbocycles. The first kappa shape index (κ1) is 14.4. The minimum absolute atomic E-state index is 0.0392. The molecule has 0 bridgehead atoms. The fourth-order valence-electron chi connectivity index (χ4n) is 1.58. The molecule has 0 radical (unpaired) electrons. The molecule has 2 N–H and O–H groups in total. The van der Waals surface area contributed by atoms with Crippen LogP contribution in [0.3, 0.4) is 0 Å². The molecule has 1 atom stereocenters. The zero-order valence-corrected chi connectivity index (χ0v) is 11.5. The van der Waals surface area contributed by atoms with E-state index >= 15 is 0 Å². The molecule has 0 fully saturated rings. The summed E-state index contributed by atoms with van der Waals surface area (Å²) in [5.74, 6) is 0.867. The predicted octanol–water partition coefficient (Wildman–Crippen LogP) is 2.67. The van der Waals surface area contributed by atoms with Crippen LogP contribution in [-0.4, -0.2) is 25.6 Å². The van der Waals surface area contributed by atoms with Crippen LogP contribution in [0.15, 0.2) is 23.1 Å². The van der Waals surface area contributed by atoms with Crippen LogP contribution in [0.25, 0.3) is 0 Å². The number of ether oxygens (including phenoxy) is 2. The third-order valence-corrected chi connectivity index (χ3v) is 3.22. The molecule has 0 heterocycles. The van der Waals surface area contributed by atoms with Crippen molar-refractivity contribution in [2.75, 3.05) is 19.5 Å². The van der Waals surface area contributed by atoms with Gasteiger partial charge in [0.05, 0.1) is 6.61 Å². The minimum Gasteiger partial charge on any atom is -0.488 e. The van der Waals surface area contributed by atoms with Crippen molar-refractivity contribution in [2.24, 2.45) is 5.73 Å². The topological polar surface area (TPSA) is 44.5 Å². The van der Waals surface area contributed by atoms with Crippen LogP contribution in [0.5, 0.6) is 5.75 Å². The second-order valence-corrected chi connectivity index (χ2v) is 4.58. The summed E-state index contributed by atoms with van der Waals surface area (Å²) >= 11 is 1.69. The Morgan fingerprint density at radius 1 is 1.41 bits per heavy atom. The van der Waals surface area contributed by atoms with Crippen LogP contribution in [0, 0.1) is 0 Å². The normalized spacial score (nSPS) is 12.5. The van der Waals surface area contributed by atoms with E-state index in [4.69, 9.17) is 15.2 Å². The molecule has 0 spiro atoms. The molecule has 96 valence electrons. The number of rotatable bonds is 7. The van der Waals surface area contributed by atoms with E-state index in [0.717, 1.165) is 11.3 Å². The quantitative estimate of drug-likeness (QED) is 0.761. The molecular weight excluding hydrogens is 234 g/mol. The van der Waals surface area contributed by atoms with Gasteiger partial charge in [0.1, 0.15) is 11.9 Å². The molecule has 0 aromatic heterocycles. The maximum absolute atomic E-state index is 5.86. The van der Waals surface area contributed by atoms with E-state index in [-0.39, 0.29) is 6.10 Å². The number of thioether (sulfide) groups is 1. The predicted molar refractivity (Wildman–Crippen MR) is 72.7 cm³/mol. The van der Waals surface area contributed by atoms with Gasteiger partial charge < -0.3 is 15.2 Å². The van der Waals surface area contributed by atoms with Crippen molar-refractivity contribution in [1.82, 2.24) is 0 Å². The third kappa shape index (κ3) is 4.22. The summed E-state index contributed by atoms with van der Waals surface area (Å²) in [5, 5.41) is 0. The van der Waals surface area contributed by atoms with Gasteiger partial charge in [-0.25, -0.2) is 0 Å². The number of nitrogens with two attached hydrogens (primary N) is 1. The lowest BCUT2D eigenvalue weighted by Gasteiger charge is -2.18. The van der Waals surface area contributed by atoms with Crippen LogP contribution in [0.1, 0.15) is 19.4 Å². The summed E-state index contributed by atoms with van der Waals surface area (Å²) in [4.78, 5) is 1.17. The molecule has 0 aliphatic carbocycles. The van der Waals surface area contributed by atoms with E-state index in [1.54, 1.807) is 11.8 Å². The van der Waals surface area contributed by atoms with E-state index in [9.17, 15) is 0 Å². The number of hydrogen-bond donors (Lipinski definition) is 1. The lowest BCUT2D eigenvalue weighted by atomic mass is 10.2. The fourth-order valence-corrected chi connectivity index (χ4v) is 2.23. The van der Waals surface area contributed by atoms with Crippen molar-refractivity contribution >= 4 is 11.8 Å². The molecule has 4 heteroatoms. The van der Waals surface area contributed by atoms with Gasteiger partial charge in [0.2, 0.25) is 0 Å². The Morgan fingerprint density at radius 3 is 2.76 bits per heavy atom. The zero-order valence-electron chi connectivity index (χ0n) is 10.7. The van der Waals surface area contributed by atoms with Crippen molar-refractivity contribution < 1.29 is 9.47 Å². The fraction of sp³-hybridized carbons (Fsp3) is 0.538. The van der Waals surface area contributed by atoms with Crippen molar-refractivity contribution in [3.63, 3.8) is 0 Å². The van der Waals surface area contributed by atoms with Crippen LogP contribution >= 0.6 is 11.8 Å². The lowest BCUT2D eigenvalue weighted by Crippen LogP contribution is -2.20. The van der Waals surface area contributed by atoms with Gasteiger partial charge in [-0.15, -0.1) is 11.8 Å². The molecule has 0 aliphatic rings. The molecule has 1 unspecified atom stereocenters. The molecule has 1 aromatic carbocycles. The second-order valence-electron chi connectivity index (χ2n) is 3.73. The Kier molecular flexibility index (Phi) is 6.40. The molecule has 1 aromatic rings. The molecule has 0 saturated heterocycles. The van der Waals surface area contributed by atoms with E-state index in [1.165, 1.54) is 4.90 Å². The highest BCUT2D eigenvalue weighted by Crippen LogP contribution is 2.29. The van der Waals surface area contributed by atoms with Crippen LogP contribution < -0.4 is 10.5 Å². The molecule has 17 heavy (non-hydrogen) atoms. The van der Waals surface area contributed by atoms with Gasteiger partial charge in [-0.1, -0.05) is 6.07 Å². The Hall–Kier alpha value is -0.710. The van der Waals surface area contributed by atoms with E-state index in [1.807, 2.05) is 32.2 Å². The SMILES string of the molecule is CCOCC(C)Oc1cccc(SC)c1CN. The summed E-state index contributed by atoms with van der Waals surface area (Å²) in [6.45, 7) is 5.79. The average molecular weight is 255 g/mol. The van der Waals surface area contributed by atoms with Crippen LogP contribution in [0.4, 0.5) is 0 Å². The molecular formula is C13H21NO2S. The van der Waals surface area contributed by atoms with Crippen LogP contribution in [-0.2, 0) is 11.3 Å².